The third-order valence-electron chi connectivity index (χ3n) is 3.68. The van der Waals surface area contributed by atoms with Gasteiger partial charge in [-0.05, 0) is 29.8 Å². The number of non-ortho nitro benzene ring substituents is 1. The molecule has 0 bridgehead atoms. The number of ether oxygens (including phenoxy) is 3. The van der Waals surface area contributed by atoms with E-state index in [4.69, 9.17) is 14.2 Å². The number of hydrogen-bond acceptors (Lipinski definition) is 7. The summed E-state index contributed by atoms with van der Waals surface area (Å²) >= 11 is 0. The van der Waals surface area contributed by atoms with E-state index in [0.29, 0.717) is 22.8 Å². The summed E-state index contributed by atoms with van der Waals surface area (Å²) < 4.78 is 15.7. The van der Waals surface area contributed by atoms with Crippen LogP contribution in [0, 0.1) is 21.4 Å². The van der Waals surface area contributed by atoms with Crippen molar-refractivity contribution in [3.05, 3.63) is 57.6 Å². The van der Waals surface area contributed by atoms with Gasteiger partial charge in [-0.1, -0.05) is 6.07 Å². The molecular weight excluding hydrogens is 366 g/mol. The number of benzene rings is 2. The lowest BCUT2D eigenvalue weighted by molar-refractivity contribution is -0.384. The minimum absolute atomic E-state index is 0.176. The standard InChI is InChI=1S/C19H17N3O6/c1-26-16-8-12(9-17(27-2)18(16)28-3)7-13(11-20)19(23)21-14-5-4-6-15(10-14)22(24)25/h4-10H,1-3H3,(H,21,23)/b13-7-. The predicted octanol–water partition coefficient (Wildman–Crippen LogP) is 3.17. The third kappa shape index (κ3) is 4.56. The maximum atomic E-state index is 12.4. The lowest BCUT2D eigenvalue weighted by Gasteiger charge is -2.13. The Labute approximate surface area is 160 Å². The molecule has 0 atom stereocenters. The van der Waals surface area contributed by atoms with Crippen LogP contribution in [0.2, 0.25) is 0 Å². The average molecular weight is 383 g/mol. The van der Waals surface area contributed by atoms with Crippen LogP contribution in [0.3, 0.4) is 0 Å². The fourth-order valence-electron chi connectivity index (χ4n) is 2.40. The largest absolute Gasteiger partial charge is 0.493 e. The Morgan fingerprint density at radius 2 is 1.79 bits per heavy atom. The highest BCUT2D eigenvalue weighted by Crippen LogP contribution is 2.38. The van der Waals surface area contributed by atoms with E-state index in [1.54, 1.807) is 12.1 Å². The molecule has 0 saturated carbocycles. The number of nitriles is 1. The number of rotatable bonds is 7. The first-order valence-electron chi connectivity index (χ1n) is 7.91. The van der Waals surface area contributed by atoms with Gasteiger partial charge in [0.05, 0.1) is 26.3 Å². The van der Waals surface area contributed by atoms with E-state index in [2.05, 4.69) is 5.32 Å². The molecule has 1 N–H and O–H groups in total. The Bertz CT molecular complexity index is 953. The molecule has 0 aromatic heterocycles. The van der Waals surface area contributed by atoms with Crippen LogP contribution in [-0.4, -0.2) is 32.2 Å². The number of carbonyl (C=O) groups is 1. The first-order chi connectivity index (χ1) is 13.4. The van der Waals surface area contributed by atoms with Crippen LogP contribution in [0.15, 0.2) is 42.0 Å². The summed E-state index contributed by atoms with van der Waals surface area (Å²) in [4.78, 5) is 22.7. The zero-order chi connectivity index (χ0) is 20.7. The first-order valence-corrected chi connectivity index (χ1v) is 7.91. The van der Waals surface area contributed by atoms with Gasteiger partial charge in [0, 0.05) is 17.8 Å². The number of nitro benzene ring substituents is 1. The molecule has 0 aliphatic carbocycles. The summed E-state index contributed by atoms with van der Waals surface area (Å²) in [5.74, 6) is 0.396. The van der Waals surface area contributed by atoms with Gasteiger partial charge in [0.1, 0.15) is 11.6 Å². The molecule has 2 aromatic carbocycles. The maximum absolute atomic E-state index is 12.4. The van der Waals surface area contributed by atoms with Crippen molar-refractivity contribution in [2.24, 2.45) is 0 Å². The Morgan fingerprint density at radius 1 is 1.14 bits per heavy atom. The van der Waals surface area contributed by atoms with Crippen molar-refractivity contribution in [3.63, 3.8) is 0 Å². The molecule has 1 amide bonds. The molecule has 9 nitrogen and oxygen atoms in total. The molecule has 28 heavy (non-hydrogen) atoms. The number of carbonyl (C=O) groups excluding carboxylic acids is 1. The highest BCUT2D eigenvalue weighted by molar-refractivity contribution is 6.09. The van der Waals surface area contributed by atoms with Crippen LogP contribution in [-0.2, 0) is 4.79 Å². The summed E-state index contributed by atoms with van der Waals surface area (Å²) in [5, 5.41) is 22.7. The normalized spacial score (nSPS) is 10.6. The molecule has 0 spiro atoms. The van der Waals surface area contributed by atoms with Gasteiger partial charge in [0.15, 0.2) is 11.5 Å². The molecule has 0 aliphatic rings. The second-order valence-electron chi connectivity index (χ2n) is 5.39. The Morgan fingerprint density at radius 3 is 2.29 bits per heavy atom. The van der Waals surface area contributed by atoms with Gasteiger partial charge in [0.25, 0.3) is 11.6 Å². The minimum atomic E-state index is -0.711. The average Bonchev–Trinajstić information content (AvgIpc) is 2.71. The fraction of sp³-hybridized carbons (Fsp3) is 0.158. The van der Waals surface area contributed by atoms with Crippen molar-refractivity contribution < 1.29 is 23.9 Å². The van der Waals surface area contributed by atoms with E-state index in [1.807, 2.05) is 6.07 Å². The SMILES string of the molecule is COc1cc(/C=C(/C#N)C(=O)Nc2cccc([N+](=O)[O-])c2)cc(OC)c1OC. The van der Waals surface area contributed by atoms with E-state index >= 15 is 0 Å². The van der Waals surface area contributed by atoms with Gasteiger partial charge < -0.3 is 19.5 Å². The smallest absolute Gasteiger partial charge is 0.271 e. The second kappa shape index (κ2) is 9.05. The lowest BCUT2D eigenvalue weighted by atomic mass is 10.1. The number of nitrogens with one attached hydrogen (secondary N) is 1. The number of hydrogen-bond donors (Lipinski definition) is 1. The van der Waals surface area contributed by atoms with E-state index in [0.717, 1.165) is 0 Å². The van der Waals surface area contributed by atoms with E-state index < -0.39 is 10.8 Å². The third-order valence-corrected chi connectivity index (χ3v) is 3.68. The van der Waals surface area contributed by atoms with Crippen molar-refractivity contribution in [2.45, 2.75) is 0 Å². The van der Waals surface area contributed by atoms with Gasteiger partial charge in [-0.25, -0.2) is 0 Å². The van der Waals surface area contributed by atoms with E-state index in [9.17, 15) is 20.2 Å². The molecular formula is C19H17N3O6. The topological polar surface area (TPSA) is 124 Å². The number of nitro groups is 1. The quantitative estimate of drug-likeness (QED) is 0.337. The van der Waals surface area contributed by atoms with Gasteiger partial charge in [-0.15, -0.1) is 0 Å². The highest BCUT2D eigenvalue weighted by atomic mass is 16.6. The van der Waals surface area contributed by atoms with Crippen molar-refractivity contribution in [1.82, 2.24) is 0 Å². The Kier molecular flexibility index (Phi) is 6.54. The van der Waals surface area contributed by atoms with Crippen LogP contribution >= 0.6 is 0 Å². The second-order valence-corrected chi connectivity index (χ2v) is 5.39. The summed E-state index contributed by atoms with van der Waals surface area (Å²) in [6.07, 6.45) is 1.34. The first kappa shape index (κ1) is 20.3. The Hall–Kier alpha value is -4.06. The molecule has 0 aliphatic heterocycles. The van der Waals surface area contributed by atoms with Crippen LogP contribution in [0.5, 0.6) is 17.2 Å². The van der Waals surface area contributed by atoms with E-state index in [1.165, 1.54) is 51.7 Å². The maximum Gasteiger partial charge on any atom is 0.271 e. The number of nitrogens with zero attached hydrogens (tertiary/aromatic N) is 2. The van der Waals surface area contributed by atoms with Crippen LogP contribution in [0.1, 0.15) is 5.56 Å². The van der Waals surface area contributed by atoms with Crippen molar-refractivity contribution in [3.8, 4) is 23.3 Å². The molecule has 0 saturated heterocycles. The number of amides is 1. The number of methoxy groups -OCH3 is 3. The summed E-state index contributed by atoms with van der Waals surface area (Å²) in [6.45, 7) is 0. The summed E-state index contributed by atoms with van der Waals surface area (Å²) in [6, 6.07) is 10.4. The molecule has 0 radical (unpaired) electrons. The van der Waals surface area contributed by atoms with Crippen LogP contribution < -0.4 is 19.5 Å². The monoisotopic (exact) mass is 383 g/mol. The molecule has 144 valence electrons. The van der Waals surface area contributed by atoms with Crippen molar-refractivity contribution >= 4 is 23.4 Å². The van der Waals surface area contributed by atoms with Gasteiger partial charge in [0.2, 0.25) is 5.75 Å². The molecule has 9 heteroatoms. The van der Waals surface area contributed by atoms with E-state index in [-0.39, 0.29) is 16.9 Å². The van der Waals surface area contributed by atoms with Gasteiger partial charge in [-0.3, -0.25) is 14.9 Å². The highest BCUT2D eigenvalue weighted by Gasteiger charge is 2.15. The van der Waals surface area contributed by atoms with Crippen LogP contribution in [0.25, 0.3) is 6.08 Å². The fourth-order valence-corrected chi connectivity index (χ4v) is 2.40. The van der Waals surface area contributed by atoms with Crippen LogP contribution in [0.4, 0.5) is 11.4 Å². The molecule has 2 rings (SSSR count). The van der Waals surface area contributed by atoms with Crippen molar-refractivity contribution in [2.75, 3.05) is 26.6 Å². The Balaban J connectivity index is 2.35. The summed E-state index contributed by atoms with van der Waals surface area (Å²) in [5.41, 5.74) is 0.288. The van der Waals surface area contributed by atoms with Gasteiger partial charge >= 0.3 is 0 Å². The molecule has 0 heterocycles. The molecule has 2 aromatic rings. The lowest BCUT2D eigenvalue weighted by Crippen LogP contribution is -2.13. The zero-order valence-corrected chi connectivity index (χ0v) is 15.4. The predicted molar refractivity (Wildman–Crippen MR) is 101 cm³/mol. The zero-order valence-electron chi connectivity index (χ0n) is 15.4. The molecule has 0 fully saturated rings. The van der Waals surface area contributed by atoms with Crippen molar-refractivity contribution in [1.29, 1.82) is 5.26 Å². The molecule has 0 unspecified atom stereocenters. The van der Waals surface area contributed by atoms with Gasteiger partial charge in [-0.2, -0.15) is 5.26 Å². The number of anilines is 1. The summed E-state index contributed by atoms with van der Waals surface area (Å²) in [7, 11) is 4.36. The minimum Gasteiger partial charge on any atom is -0.493 e.